The molecule has 6 nitrogen and oxygen atoms in total. The van der Waals surface area contributed by atoms with Crippen LogP contribution in [-0.4, -0.2) is 35.4 Å². The van der Waals surface area contributed by atoms with Crippen molar-refractivity contribution in [3.8, 4) is 0 Å². The molecule has 0 spiro atoms. The summed E-state index contributed by atoms with van der Waals surface area (Å²) in [5.41, 5.74) is 2.34. The van der Waals surface area contributed by atoms with Crippen LogP contribution in [0.5, 0.6) is 0 Å². The molecule has 0 saturated carbocycles. The van der Waals surface area contributed by atoms with Gasteiger partial charge in [-0.3, -0.25) is 9.67 Å². The van der Waals surface area contributed by atoms with Crippen LogP contribution in [0.25, 0.3) is 0 Å². The maximum Gasteiger partial charge on any atom is 0.209 e. The zero-order valence-corrected chi connectivity index (χ0v) is 16.0. The first-order valence-corrected chi connectivity index (χ1v) is 10.6. The molecule has 0 fully saturated rings. The van der Waals surface area contributed by atoms with Gasteiger partial charge in [0.25, 0.3) is 0 Å². The molecular formula is C20H22N4O2S. The van der Waals surface area contributed by atoms with E-state index in [1.807, 2.05) is 31.5 Å². The van der Waals surface area contributed by atoms with Crippen LogP contribution < -0.4 is 0 Å². The van der Waals surface area contributed by atoms with Gasteiger partial charge in [0, 0.05) is 44.3 Å². The van der Waals surface area contributed by atoms with Crippen molar-refractivity contribution in [3.63, 3.8) is 0 Å². The van der Waals surface area contributed by atoms with Gasteiger partial charge in [0.2, 0.25) is 9.84 Å². The fourth-order valence-electron chi connectivity index (χ4n) is 3.29. The number of aryl methyl sites for hydroxylation is 1. The van der Waals surface area contributed by atoms with Crippen molar-refractivity contribution in [2.24, 2.45) is 4.99 Å². The van der Waals surface area contributed by atoms with Gasteiger partial charge in [-0.2, -0.15) is 5.10 Å². The zero-order chi connectivity index (χ0) is 18.9. The zero-order valence-electron chi connectivity index (χ0n) is 15.2. The number of hydrogen-bond acceptors (Lipinski definition) is 5. The van der Waals surface area contributed by atoms with Gasteiger partial charge in [-0.25, -0.2) is 8.42 Å². The van der Waals surface area contributed by atoms with Crippen molar-refractivity contribution in [2.75, 3.05) is 0 Å². The quantitative estimate of drug-likeness (QED) is 0.770. The first kappa shape index (κ1) is 17.7. The third-order valence-corrected chi connectivity index (χ3v) is 6.46. The minimum absolute atomic E-state index is 0.197. The molecule has 2 aromatic rings. The van der Waals surface area contributed by atoms with Crippen LogP contribution in [0.1, 0.15) is 25.3 Å². The lowest BCUT2D eigenvalue weighted by Crippen LogP contribution is -2.17. The molecule has 0 N–H and O–H groups in total. The van der Waals surface area contributed by atoms with E-state index in [2.05, 4.69) is 27.3 Å². The average molecular weight is 382 g/mol. The van der Waals surface area contributed by atoms with Gasteiger partial charge in [-0.05, 0) is 35.8 Å². The third kappa shape index (κ3) is 3.60. The molecule has 1 aromatic carbocycles. The summed E-state index contributed by atoms with van der Waals surface area (Å²) in [7, 11) is -3.54. The Hall–Kier alpha value is -2.67. The molecule has 4 rings (SSSR count). The summed E-state index contributed by atoms with van der Waals surface area (Å²) in [5, 5.41) is 4.13. The van der Waals surface area contributed by atoms with E-state index in [4.69, 9.17) is 0 Å². The van der Waals surface area contributed by atoms with E-state index in [0.29, 0.717) is 18.0 Å². The smallest absolute Gasteiger partial charge is 0.209 e. The Balaban J connectivity index is 1.48. The van der Waals surface area contributed by atoms with E-state index in [0.717, 1.165) is 18.4 Å². The first-order valence-electron chi connectivity index (χ1n) is 9.09. The number of nitrogens with zero attached hydrogens (tertiary/aromatic N) is 4. The minimum atomic E-state index is -3.54. The highest BCUT2D eigenvalue weighted by atomic mass is 32.2. The van der Waals surface area contributed by atoms with Crippen LogP contribution in [0.15, 0.2) is 75.5 Å². The van der Waals surface area contributed by atoms with Gasteiger partial charge >= 0.3 is 0 Å². The Morgan fingerprint density at radius 2 is 2.00 bits per heavy atom. The van der Waals surface area contributed by atoms with E-state index in [1.54, 1.807) is 23.0 Å². The second kappa shape index (κ2) is 7.15. The third-order valence-electron chi connectivity index (χ3n) is 4.74. The molecule has 1 unspecified atom stereocenters. The molecule has 0 aliphatic carbocycles. The topological polar surface area (TPSA) is 67.6 Å². The number of aliphatic imine (C=N–C) groups is 1. The Morgan fingerprint density at radius 3 is 2.78 bits per heavy atom. The van der Waals surface area contributed by atoms with Gasteiger partial charge in [0.05, 0.1) is 17.1 Å². The van der Waals surface area contributed by atoms with Crippen LogP contribution in [0, 0.1) is 0 Å². The lowest BCUT2D eigenvalue weighted by molar-refractivity contribution is 0.483. The second-order valence-electron chi connectivity index (χ2n) is 6.78. The predicted octanol–water partition coefficient (Wildman–Crippen LogP) is 3.18. The van der Waals surface area contributed by atoms with Gasteiger partial charge in [-0.15, -0.1) is 0 Å². The second-order valence-corrected chi connectivity index (χ2v) is 8.73. The normalized spacial score (nSPS) is 18.6. The summed E-state index contributed by atoms with van der Waals surface area (Å²) in [4.78, 5) is 7.04. The molecule has 1 atom stereocenters. The number of hydrogen-bond donors (Lipinski definition) is 0. The lowest BCUT2D eigenvalue weighted by atomic mass is 10.1. The molecule has 0 bridgehead atoms. The number of benzene rings is 1. The maximum atomic E-state index is 12.8. The van der Waals surface area contributed by atoms with Crippen LogP contribution in [0.4, 0.5) is 0 Å². The monoisotopic (exact) mass is 382 g/mol. The molecule has 140 valence electrons. The fourth-order valence-corrected chi connectivity index (χ4v) is 4.51. The number of sulfone groups is 1. The number of aromatic nitrogens is 2. The molecule has 7 heteroatoms. The molecule has 2 aliphatic rings. The van der Waals surface area contributed by atoms with E-state index in [9.17, 15) is 8.42 Å². The van der Waals surface area contributed by atoms with Crippen molar-refractivity contribution in [3.05, 3.63) is 66.3 Å². The SMILES string of the molecule is CCCn1cc(S(=O)(=O)c2ccc(CN3C=CC4N=CCC4=C3)cc2)cn1. The van der Waals surface area contributed by atoms with E-state index < -0.39 is 9.84 Å². The van der Waals surface area contributed by atoms with Gasteiger partial charge in [0.1, 0.15) is 4.90 Å². The van der Waals surface area contributed by atoms with Crippen LogP contribution in [0.2, 0.25) is 0 Å². The molecular weight excluding hydrogens is 360 g/mol. The average Bonchev–Trinajstić information content (AvgIpc) is 3.32. The van der Waals surface area contributed by atoms with E-state index in [-0.39, 0.29) is 10.9 Å². The minimum Gasteiger partial charge on any atom is -0.350 e. The van der Waals surface area contributed by atoms with Crippen LogP contribution in [-0.2, 0) is 22.9 Å². The van der Waals surface area contributed by atoms with E-state index in [1.165, 1.54) is 11.8 Å². The molecule has 0 radical (unpaired) electrons. The lowest BCUT2D eigenvalue weighted by Gasteiger charge is -2.22. The number of fused-ring (bicyclic) bond motifs is 1. The Bertz CT molecular complexity index is 1020. The summed E-state index contributed by atoms with van der Waals surface area (Å²) >= 11 is 0. The molecule has 0 amide bonds. The largest absolute Gasteiger partial charge is 0.350 e. The maximum absolute atomic E-state index is 12.8. The number of rotatable bonds is 6. The highest BCUT2D eigenvalue weighted by Crippen LogP contribution is 2.25. The standard InChI is InChI=1S/C20H22N4O2S/c1-2-10-24-15-19(12-22-24)27(25,26)18-5-3-16(4-6-18)13-23-11-8-20-17(14-23)7-9-21-20/h3-6,8-9,11-12,14-15,20H,2,7,10,13H2,1H3. The van der Waals surface area contributed by atoms with Crippen molar-refractivity contribution in [1.82, 2.24) is 14.7 Å². The first-order chi connectivity index (χ1) is 13.1. The Labute approximate surface area is 159 Å². The summed E-state index contributed by atoms with van der Waals surface area (Å²) in [5.74, 6) is 0. The van der Waals surface area contributed by atoms with Gasteiger partial charge in [0.15, 0.2) is 0 Å². The fraction of sp³-hybridized carbons (Fsp3) is 0.300. The van der Waals surface area contributed by atoms with Crippen molar-refractivity contribution >= 4 is 16.1 Å². The van der Waals surface area contributed by atoms with Gasteiger partial charge < -0.3 is 4.90 Å². The molecule has 2 aliphatic heterocycles. The summed E-state index contributed by atoms with van der Waals surface area (Å²) in [6.07, 6.45) is 13.0. The molecule has 27 heavy (non-hydrogen) atoms. The predicted molar refractivity (Wildman–Crippen MR) is 104 cm³/mol. The van der Waals surface area contributed by atoms with E-state index >= 15 is 0 Å². The Kier molecular flexibility index (Phi) is 4.70. The van der Waals surface area contributed by atoms with Crippen molar-refractivity contribution < 1.29 is 8.42 Å². The molecule has 3 heterocycles. The van der Waals surface area contributed by atoms with Gasteiger partial charge in [-0.1, -0.05) is 19.1 Å². The highest BCUT2D eigenvalue weighted by Gasteiger charge is 2.21. The van der Waals surface area contributed by atoms with Crippen molar-refractivity contribution in [2.45, 2.75) is 48.7 Å². The summed E-state index contributed by atoms with van der Waals surface area (Å²) in [6.45, 7) is 3.43. The molecule has 1 aromatic heterocycles. The summed E-state index contributed by atoms with van der Waals surface area (Å²) in [6, 6.07) is 7.27. The van der Waals surface area contributed by atoms with Crippen LogP contribution in [0.3, 0.4) is 0 Å². The Morgan fingerprint density at radius 1 is 1.19 bits per heavy atom. The highest BCUT2D eigenvalue weighted by molar-refractivity contribution is 7.91. The van der Waals surface area contributed by atoms with Crippen molar-refractivity contribution in [1.29, 1.82) is 0 Å². The van der Waals surface area contributed by atoms with Crippen LogP contribution >= 0.6 is 0 Å². The molecule has 0 saturated heterocycles. The summed E-state index contributed by atoms with van der Waals surface area (Å²) < 4.78 is 27.2.